The first-order valence-corrected chi connectivity index (χ1v) is 12.4. The first kappa shape index (κ1) is 36.2. The maximum Gasteiger partial charge on any atom is 0.326 e. The SMILES string of the molecule is CCC(=O)N[C@@H](CCC(=O)N[C@@H](CCC(=O)N[C@@H](CCC(=O)N[C@@H](CCC(N)=O)C(=O)O)C(=O)O)C(=O)O)C(=O)O. The minimum atomic E-state index is -1.59. The minimum absolute atomic E-state index is 0.0126. The van der Waals surface area contributed by atoms with E-state index in [0.717, 1.165) is 0 Å². The van der Waals surface area contributed by atoms with E-state index < -0.39 is 110 Å². The molecule has 18 nitrogen and oxygen atoms in total. The van der Waals surface area contributed by atoms with Crippen LogP contribution in [0, 0.1) is 0 Å². The van der Waals surface area contributed by atoms with Crippen LogP contribution < -0.4 is 27.0 Å². The van der Waals surface area contributed by atoms with Crippen molar-refractivity contribution in [2.24, 2.45) is 5.73 Å². The molecule has 41 heavy (non-hydrogen) atoms. The van der Waals surface area contributed by atoms with Gasteiger partial charge in [0.15, 0.2) is 0 Å². The Labute approximate surface area is 233 Å². The highest BCUT2D eigenvalue weighted by atomic mass is 16.4. The number of nitrogens with one attached hydrogen (secondary N) is 4. The molecular formula is C23H35N5O13. The molecule has 0 unspecified atom stereocenters. The van der Waals surface area contributed by atoms with Gasteiger partial charge in [-0.2, -0.15) is 0 Å². The molecule has 0 rings (SSSR count). The van der Waals surface area contributed by atoms with Gasteiger partial charge in [-0.1, -0.05) is 6.92 Å². The normalized spacial score (nSPS) is 13.4. The molecule has 230 valence electrons. The molecule has 0 radical (unpaired) electrons. The second-order valence-electron chi connectivity index (χ2n) is 8.81. The molecule has 0 aliphatic carbocycles. The molecule has 4 atom stereocenters. The van der Waals surface area contributed by atoms with Crippen LogP contribution in [0.1, 0.15) is 64.7 Å². The Morgan fingerprint density at radius 3 is 0.951 bits per heavy atom. The van der Waals surface area contributed by atoms with Crippen molar-refractivity contribution in [3.63, 3.8) is 0 Å². The Hall–Kier alpha value is -4.77. The summed E-state index contributed by atoms with van der Waals surface area (Å²) in [6.07, 6.45) is -3.35. The smallest absolute Gasteiger partial charge is 0.326 e. The lowest BCUT2D eigenvalue weighted by Crippen LogP contribution is -2.45. The molecule has 0 saturated carbocycles. The standard InChI is InChI=1S/C23H35N5O13/c1-2-16(30)25-12(21(36)37)4-8-18(32)27-14(23(40)41)6-10-19(33)28-13(22(38)39)5-9-17(31)26-11(20(34)35)3-7-15(24)29/h11-14H,2-10H2,1H3,(H2,24,29)(H,25,30)(H,26,31)(H,27,32)(H,28,33)(H,34,35)(H,36,37)(H,38,39)(H,40,41)/t11-,12-,13-,14-/m0/s1. The van der Waals surface area contributed by atoms with Crippen LogP contribution in [0.15, 0.2) is 0 Å². The fourth-order valence-electron chi connectivity index (χ4n) is 3.24. The molecule has 0 aromatic rings. The highest BCUT2D eigenvalue weighted by Crippen LogP contribution is 2.06. The fraction of sp³-hybridized carbons (Fsp3) is 0.609. The first-order valence-electron chi connectivity index (χ1n) is 12.4. The molecule has 10 N–H and O–H groups in total. The lowest BCUT2D eigenvalue weighted by molar-refractivity contribution is -0.144. The lowest BCUT2D eigenvalue weighted by atomic mass is 10.1. The van der Waals surface area contributed by atoms with Crippen LogP contribution in [0.25, 0.3) is 0 Å². The van der Waals surface area contributed by atoms with Crippen molar-refractivity contribution in [1.29, 1.82) is 0 Å². The predicted octanol–water partition coefficient (Wildman–Crippen LogP) is -2.72. The maximum absolute atomic E-state index is 12.2. The summed E-state index contributed by atoms with van der Waals surface area (Å²) >= 11 is 0. The summed E-state index contributed by atoms with van der Waals surface area (Å²) in [6, 6.07) is -5.99. The summed E-state index contributed by atoms with van der Waals surface area (Å²) in [5.41, 5.74) is 4.95. The second kappa shape index (κ2) is 18.5. The van der Waals surface area contributed by atoms with E-state index in [-0.39, 0.29) is 25.7 Å². The number of amides is 5. The number of carbonyl (C=O) groups is 9. The van der Waals surface area contributed by atoms with Crippen LogP contribution in [0.5, 0.6) is 0 Å². The number of aliphatic carboxylic acids is 4. The summed E-state index contributed by atoms with van der Waals surface area (Å²) in [5.74, 6) is -9.86. The molecule has 18 heteroatoms. The van der Waals surface area contributed by atoms with Gasteiger partial charge in [-0.15, -0.1) is 0 Å². The fourth-order valence-corrected chi connectivity index (χ4v) is 3.24. The molecule has 0 aromatic heterocycles. The molecule has 0 saturated heterocycles. The van der Waals surface area contributed by atoms with E-state index in [1.807, 2.05) is 0 Å². The monoisotopic (exact) mass is 589 g/mol. The molecule has 0 aliphatic rings. The van der Waals surface area contributed by atoms with Gasteiger partial charge in [-0.05, 0) is 25.7 Å². The van der Waals surface area contributed by atoms with Gasteiger partial charge in [0.2, 0.25) is 29.5 Å². The summed E-state index contributed by atoms with van der Waals surface area (Å²) in [6.45, 7) is 1.50. The quantitative estimate of drug-likeness (QED) is 0.0658. The van der Waals surface area contributed by atoms with E-state index in [1.165, 1.54) is 6.92 Å². The third-order valence-corrected chi connectivity index (χ3v) is 5.51. The zero-order valence-corrected chi connectivity index (χ0v) is 22.2. The van der Waals surface area contributed by atoms with Gasteiger partial charge < -0.3 is 47.4 Å². The van der Waals surface area contributed by atoms with Crippen LogP contribution in [-0.2, 0) is 43.2 Å². The van der Waals surface area contributed by atoms with Crippen LogP contribution in [0.4, 0.5) is 0 Å². The van der Waals surface area contributed by atoms with E-state index in [0.29, 0.717) is 0 Å². The van der Waals surface area contributed by atoms with Gasteiger partial charge in [0.25, 0.3) is 0 Å². The van der Waals surface area contributed by atoms with E-state index >= 15 is 0 Å². The van der Waals surface area contributed by atoms with Gasteiger partial charge in [-0.3, -0.25) is 24.0 Å². The van der Waals surface area contributed by atoms with E-state index in [1.54, 1.807) is 0 Å². The minimum Gasteiger partial charge on any atom is -0.480 e. The Balaban J connectivity index is 4.88. The molecule has 5 amide bonds. The zero-order valence-electron chi connectivity index (χ0n) is 22.2. The van der Waals surface area contributed by atoms with Crippen molar-refractivity contribution in [1.82, 2.24) is 21.3 Å². The van der Waals surface area contributed by atoms with Crippen LogP contribution in [-0.4, -0.2) is 98.0 Å². The van der Waals surface area contributed by atoms with Gasteiger partial charge in [-0.25, -0.2) is 19.2 Å². The first-order chi connectivity index (χ1) is 19.1. The van der Waals surface area contributed by atoms with Gasteiger partial charge in [0.05, 0.1) is 0 Å². The molecule has 0 aliphatic heterocycles. The zero-order chi connectivity index (χ0) is 31.7. The largest absolute Gasteiger partial charge is 0.480 e. The third kappa shape index (κ3) is 16.1. The molecule has 0 spiro atoms. The van der Waals surface area contributed by atoms with E-state index in [9.17, 15) is 53.4 Å². The molecule has 0 bridgehead atoms. The predicted molar refractivity (Wildman–Crippen MR) is 135 cm³/mol. The third-order valence-electron chi connectivity index (χ3n) is 5.51. The lowest BCUT2D eigenvalue weighted by Gasteiger charge is -2.18. The van der Waals surface area contributed by atoms with Crippen molar-refractivity contribution >= 4 is 53.4 Å². The Morgan fingerprint density at radius 1 is 0.488 bits per heavy atom. The van der Waals surface area contributed by atoms with Crippen molar-refractivity contribution in [3.05, 3.63) is 0 Å². The van der Waals surface area contributed by atoms with Gasteiger partial charge in [0, 0.05) is 32.1 Å². The van der Waals surface area contributed by atoms with E-state index in [2.05, 4.69) is 21.3 Å². The Kier molecular flexibility index (Phi) is 16.4. The van der Waals surface area contributed by atoms with Crippen molar-refractivity contribution in [3.8, 4) is 0 Å². The number of nitrogens with two attached hydrogens (primary N) is 1. The number of primary amides is 1. The number of carboxylic acids is 4. The highest BCUT2D eigenvalue weighted by molar-refractivity contribution is 5.88. The van der Waals surface area contributed by atoms with Crippen molar-refractivity contribution in [2.45, 2.75) is 88.9 Å². The molecule has 0 heterocycles. The van der Waals surface area contributed by atoms with E-state index in [4.69, 9.17) is 15.9 Å². The average molecular weight is 590 g/mol. The average Bonchev–Trinajstić information content (AvgIpc) is 2.87. The summed E-state index contributed by atoms with van der Waals surface area (Å²) in [5, 5.41) is 45.5. The second-order valence-corrected chi connectivity index (χ2v) is 8.81. The van der Waals surface area contributed by atoms with Gasteiger partial charge in [0.1, 0.15) is 24.2 Å². The summed E-state index contributed by atoms with van der Waals surface area (Å²) in [4.78, 5) is 104. The number of hydrogen-bond acceptors (Lipinski definition) is 9. The summed E-state index contributed by atoms with van der Waals surface area (Å²) < 4.78 is 0. The Morgan fingerprint density at radius 2 is 0.732 bits per heavy atom. The number of hydrogen-bond donors (Lipinski definition) is 9. The van der Waals surface area contributed by atoms with Gasteiger partial charge >= 0.3 is 23.9 Å². The highest BCUT2D eigenvalue weighted by Gasteiger charge is 2.27. The number of rotatable bonds is 21. The van der Waals surface area contributed by atoms with Crippen molar-refractivity contribution < 1.29 is 63.6 Å². The number of carboxylic acid groups (broad SMARTS) is 4. The topological polar surface area (TPSA) is 309 Å². The molecule has 0 aromatic carbocycles. The molecule has 0 fully saturated rings. The van der Waals surface area contributed by atoms with Crippen LogP contribution >= 0.6 is 0 Å². The molecular weight excluding hydrogens is 554 g/mol. The Bertz CT molecular complexity index is 1020. The maximum atomic E-state index is 12.2. The van der Waals surface area contributed by atoms with Crippen molar-refractivity contribution in [2.75, 3.05) is 0 Å². The van der Waals surface area contributed by atoms with Crippen LogP contribution in [0.2, 0.25) is 0 Å². The number of carbonyl (C=O) groups excluding carboxylic acids is 5. The summed E-state index contributed by atoms with van der Waals surface area (Å²) in [7, 11) is 0. The van der Waals surface area contributed by atoms with Crippen LogP contribution in [0.3, 0.4) is 0 Å².